The average Bonchev–Trinajstić information content (AvgIpc) is 3.55. The molecule has 0 saturated heterocycles. The van der Waals surface area contributed by atoms with Gasteiger partial charge in [0, 0.05) is 30.8 Å². The van der Waals surface area contributed by atoms with E-state index < -0.39 is 6.03 Å². The van der Waals surface area contributed by atoms with Gasteiger partial charge in [-0.05, 0) is 49.9 Å². The fourth-order valence-electron chi connectivity index (χ4n) is 5.23. The Morgan fingerprint density at radius 3 is 2.65 bits per heavy atom. The topological polar surface area (TPSA) is 126 Å². The van der Waals surface area contributed by atoms with Crippen molar-refractivity contribution in [3.8, 4) is 11.6 Å². The number of para-hydroxylation sites is 1. The van der Waals surface area contributed by atoms with Crippen LogP contribution in [-0.4, -0.2) is 39.9 Å². The van der Waals surface area contributed by atoms with Gasteiger partial charge in [0.1, 0.15) is 15.5 Å². The molecule has 204 valence electrons. The quantitative estimate of drug-likeness (QED) is 0.270. The number of anilines is 3. The summed E-state index contributed by atoms with van der Waals surface area (Å²) >= 11 is 1.25. The van der Waals surface area contributed by atoms with Gasteiger partial charge in [-0.1, -0.05) is 25.1 Å². The molecule has 4 amide bonds. The molecule has 4 heterocycles. The van der Waals surface area contributed by atoms with Crippen LogP contribution in [0.4, 0.5) is 21.9 Å². The fraction of sp³-hybridized carbons (Fsp3) is 0.276. The number of pyridine rings is 2. The standard InChI is InChI=1S/C29H28N6O4S/c1-3-22(36)32-17-9-10-18(14-17)33-27(37)26-25-24-20(11-12-30-28(24)40-26)34-29(38)35(25)21-15-31-23(13-16(21)2)39-19-7-5-4-6-8-19/h4-8,11-13,15,17-18H,3,9-10,14H2,1-2H3,(H,32,36)(H,33,37)(H,34,38)/t17-,18+/m0/s1. The van der Waals surface area contributed by atoms with Gasteiger partial charge in [0.2, 0.25) is 11.8 Å². The average molecular weight is 557 g/mol. The number of thiophene rings is 1. The molecule has 1 aliphatic heterocycles. The van der Waals surface area contributed by atoms with Crippen molar-refractivity contribution < 1.29 is 19.1 Å². The van der Waals surface area contributed by atoms with E-state index in [1.807, 2.05) is 44.2 Å². The van der Waals surface area contributed by atoms with Gasteiger partial charge >= 0.3 is 6.03 Å². The lowest BCUT2D eigenvalue weighted by atomic mass is 10.1. The van der Waals surface area contributed by atoms with Crippen LogP contribution in [0.2, 0.25) is 0 Å². The van der Waals surface area contributed by atoms with E-state index in [2.05, 4.69) is 25.9 Å². The Labute approximate surface area is 234 Å². The lowest BCUT2D eigenvalue weighted by molar-refractivity contribution is -0.121. The zero-order valence-corrected chi connectivity index (χ0v) is 22.9. The van der Waals surface area contributed by atoms with Crippen molar-refractivity contribution in [3.63, 3.8) is 0 Å². The first-order valence-corrected chi connectivity index (χ1v) is 14.0. The number of nitrogens with zero attached hydrogens (tertiary/aromatic N) is 3. The van der Waals surface area contributed by atoms with E-state index in [1.165, 1.54) is 16.2 Å². The number of nitrogens with one attached hydrogen (secondary N) is 3. The van der Waals surface area contributed by atoms with Crippen molar-refractivity contribution in [2.45, 2.75) is 51.6 Å². The van der Waals surface area contributed by atoms with E-state index in [9.17, 15) is 14.4 Å². The minimum Gasteiger partial charge on any atom is -0.439 e. The van der Waals surface area contributed by atoms with Crippen molar-refractivity contribution >= 4 is 56.5 Å². The van der Waals surface area contributed by atoms with E-state index in [4.69, 9.17) is 4.74 Å². The summed E-state index contributed by atoms with van der Waals surface area (Å²) in [5.74, 6) is 0.784. The minimum absolute atomic E-state index is 0.00957. The molecule has 3 aromatic heterocycles. The Balaban J connectivity index is 1.32. The summed E-state index contributed by atoms with van der Waals surface area (Å²) in [6.45, 7) is 3.69. The molecule has 2 aliphatic rings. The van der Waals surface area contributed by atoms with Crippen molar-refractivity contribution in [2.24, 2.45) is 0 Å². The molecule has 40 heavy (non-hydrogen) atoms. The monoisotopic (exact) mass is 556 g/mol. The second-order valence-electron chi connectivity index (χ2n) is 9.91. The van der Waals surface area contributed by atoms with Crippen LogP contribution < -0.4 is 25.6 Å². The number of rotatable bonds is 7. The first-order chi connectivity index (χ1) is 19.4. The largest absolute Gasteiger partial charge is 0.439 e. The van der Waals surface area contributed by atoms with Crippen LogP contribution in [0.15, 0.2) is 54.9 Å². The van der Waals surface area contributed by atoms with Crippen LogP contribution in [0.1, 0.15) is 47.8 Å². The van der Waals surface area contributed by atoms with E-state index in [0.717, 1.165) is 18.4 Å². The Hall–Kier alpha value is -4.51. The molecular weight excluding hydrogens is 528 g/mol. The molecule has 0 unspecified atom stereocenters. The fourth-order valence-corrected chi connectivity index (χ4v) is 6.29. The maximum absolute atomic E-state index is 13.7. The summed E-state index contributed by atoms with van der Waals surface area (Å²) in [5, 5.41) is 9.79. The Bertz CT molecular complexity index is 1620. The zero-order chi connectivity index (χ0) is 27.8. The molecule has 3 N–H and O–H groups in total. The molecular formula is C29H28N6O4S. The van der Waals surface area contributed by atoms with Gasteiger partial charge in [-0.25, -0.2) is 14.8 Å². The number of urea groups is 1. The first-order valence-electron chi connectivity index (χ1n) is 13.2. The van der Waals surface area contributed by atoms with Crippen molar-refractivity contribution in [1.82, 2.24) is 20.6 Å². The summed E-state index contributed by atoms with van der Waals surface area (Å²) < 4.78 is 5.87. The second kappa shape index (κ2) is 10.6. The highest BCUT2D eigenvalue weighted by molar-refractivity contribution is 7.21. The Morgan fingerprint density at radius 2 is 1.90 bits per heavy atom. The number of carbonyl (C=O) groups is 3. The maximum atomic E-state index is 13.7. The molecule has 11 heteroatoms. The van der Waals surface area contributed by atoms with Crippen molar-refractivity contribution in [1.29, 1.82) is 0 Å². The second-order valence-corrected chi connectivity index (χ2v) is 10.9. The number of aromatic nitrogens is 2. The third kappa shape index (κ3) is 4.84. The summed E-state index contributed by atoms with van der Waals surface area (Å²) in [6, 6.07) is 12.4. The lowest BCUT2D eigenvalue weighted by Gasteiger charge is -2.29. The molecule has 4 aromatic rings. The van der Waals surface area contributed by atoms with Gasteiger partial charge in [-0.15, -0.1) is 11.3 Å². The van der Waals surface area contributed by atoms with Gasteiger partial charge in [0.15, 0.2) is 0 Å². The number of hydrogen-bond donors (Lipinski definition) is 3. The third-order valence-electron chi connectivity index (χ3n) is 7.16. The highest BCUT2D eigenvalue weighted by Crippen LogP contribution is 2.47. The van der Waals surface area contributed by atoms with Crippen LogP contribution >= 0.6 is 11.3 Å². The van der Waals surface area contributed by atoms with Crippen LogP contribution in [0.3, 0.4) is 0 Å². The van der Waals surface area contributed by atoms with Gasteiger partial charge < -0.3 is 20.7 Å². The van der Waals surface area contributed by atoms with E-state index in [0.29, 0.717) is 56.6 Å². The maximum Gasteiger partial charge on any atom is 0.331 e. The number of ether oxygens (including phenoxy) is 1. The number of aryl methyl sites for hydroxylation is 1. The predicted octanol–water partition coefficient (Wildman–Crippen LogP) is 5.65. The number of hydrogen-bond acceptors (Lipinski definition) is 7. The molecule has 6 rings (SSSR count). The minimum atomic E-state index is -0.391. The van der Waals surface area contributed by atoms with Crippen molar-refractivity contribution in [2.75, 3.05) is 10.2 Å². The molecule has 0 radical (unpaired) electrons. The number of benzene rings is 1. The molecule has 0 bridgehead atoms. The molecule has 0 spiro atoms. The summed E-state index contributed by atoms with van der Waals surface area (Å²) in [6.07, 6.45) is 5.86. The van der Waals surface area contributed by atoms with Gasteiger partial charge in [-0.2, -0.15) is 0 Å². The molecule has 1 aliphatic carbocycles. The van der Waals surface area contributed by atoms with Crippen LogP contribution in [0, 0.1) is 6.92 Å². The summed E-state index contributed by atoms with van der Waals surface area (Å²) in [4.78, 5) is 50.5. The number of amides is 4. The highest BCUT2D eigenvalue weighted by atomic mass is 32.1. The Kier molecular flexibility index (Phi) is 6.81. The van der Waals surface area contributed by atoms with E-state index >= 15 is 0 Å². The molecule has 1 saturated carbocycles. The highest BCUT2D eigenvalue weighted by Gasteiger charge is 2.36. The smallest absolute Gasteiger partial charge is 0.331 e. The van der Waals surface area contributed by atoms with E-state index in [1.54, 1.807) is 24.5 Å². The van der Waals surface area contributed by atoms with Crippen LogP contribution in [-0.2, 0) is 4.79 Å². The van der Waals surface area contributed by atoms with Gasteiger partial charge in [0.05, 0.1) is 28.6 Å². The molecule has 1 aromatic carbocycles. The van der Waals surface area contributed by atoms with Gasteiger partial charge in [0.25, 0.3) is 5.91 Å². The Morgan fingerprint density at radius 1 is 1.12 bits per heavy atom. The van der Waals surface area contributed by atoms with Crippen LogP contribution in [0.25, 0.3) is 10.2 Å². The SMILES string of the molecule is CCC(=O)N[C@H]1CC[C@@H](NC(=O)c2sc3nccc4c3c2N(c2cnc(Oc3ccccc3)cc2C)C(=O)N4)C1. The predicted molar refractivity (Wildman–Crippen MR) is 154 cm³/mol. The van der Waals surface area contributed by atoms with Gasteiger partial charge in [-0.3, -0.25) is 14.5 Å². The van der Waals surface area contributed by atoms with Crippen molar-refractivity contribution in [3.05, 3.63) is 65.3 Å². The molecule has 10 nitrogen and oxygen atoms in total. The number of carbonyl (C=O) groups excluding carboxylic acids is 3. The third-order valence-corrected chi connectivity index (χ3v) is 8.25. The van der Waals surface area contributed by atoms with Crippen LogP contribution in [0.5, 0.6) is 11.6 Å². The van der Waals surface area contributed by atoms with E-state index in [-0.39, 0.29) is 23.9 Å². The summed E-state index contributed by atoms with van der Waals surface area (Å²) in [7, 11) is 0. The molecule has 2 atom stereocenters. The first kappa shape index (κ1) is 25.8. The zero-order valence-electron chi connectivity index (χ0n) is 22.1. The summed E-state index contributed by atoms with van der Waals surface area (Å²) in [5.41, 5.74) is 2.37. The normalized spacial score (nSPS) is 17.9. The lowest BCUT2D eigenvalue weighted by Crippen LogP contribution is -2.38. The molecule has 1 fully saturated rings.